The van der Waals surface area contributed by atoms with Gasteiger partial charge in [0.1, 0.15) is 11.5 Å². The van der Waals surface area contributed by atoms with Gasteiger partial charge in [0, 0.05) is 51.6 Å². The minimum Gasteiger partial charge on any atom is -0.383 e. The average molecular weight is 395 g/mol. The summed E-state index contributed by atoms with van der Waals surface area (Å²) in [6.07, 6.45) is -2.14. The molecule has 0 saturated carbocycles. The van der Waals surface area contributed by atoms with Crippen LogP contribution < -0.4 is 4.90 Å². The van der Waals surface area contributed by atoms with Crippen LogP contribution in [0.3, 0.4) is 0 Å². The maximum Gasteiger partial charge on any atom is 0.433 e. The number of hydrogen-bond acceptors (Lipinski definition) is 6. The van der Waals surface area contributed by atoms with Gasteiger partial charge in [0.25, 0.3) is 0 Å². The van der Waals surface area contributed by atoms with E-state index < -0.39 is 11.9 Å². The highest BCUT2D eigenvalue weighted by molar-refractivity contribution is 5.54. The van der Waals surface area contributed by atoms with Gasteiger partial charge in [-0.2, -0.15) is 13.2 Å². The Bertz CT molecular complexity index is 772. The van der Waals surface area contributed by atoms with Crippen molar-refractivity contribution in [3.63, 3.8) is 0 Å². The number of piperazine rings is 1. The van der Waals surface area contributed by atoms with Gasteiger partial charge in [0.15, 0.2) is 11.5 Å². The Balaban J connectivity index is 1.91. The maximum absolute atomic E-state index is 13.4. The highest BCUT2D eigenvalue weighted by atomic mass is 19.4. The van der Waals surface area contributed by atoms with Crippen molar-refractivity contribution in [3.05, 3.63) is 36.2 Å². The number of rotatable bonds is 6. The third kappa shape index (κ3) is 4.77. The van der Waals surface area contributed by atoms with Crippen molar-refractivity contribution in [1.82, 2.24) is 19.9 Å². The van der Waals surface area contributed by atoms with E-state index in [1.807, 2.05) is 4.90 Å². The van der Waals surface area contributed by atoms with Crippen molar-refractivity contribution in [2.45, 2.75) is 25.6 Å². The van der Waals surface area contributed by atoms with Crippen molar-refractivity contribution in [1.29, 1.82) is 0 Å². The van der Waals surface area contributed by atoms with Crippen molar-refractivity contribution in [3.8, 4) is 11.5 Å². The zero-order valence-corrected chi connectivity index (χ0v) is 16.0. The number of halogens is 3. The van der Waals surface area contributed by atoms with E-state index in [0.29, 0.717) is 25.4 Å². The van der Waals surface area contributed by atoms with E-state index in [4.69, 9.17) is 4.74 Å². The molecule has 6 nitrogen and oxygen atoms in total. The lowest BCUT2D eigenvalue weighted by atomic mass is 10.1. The van der Waals surface area contributed by atoms with Crippen LogP contribution in [0.1, 0.15) is 19.0 Å². The standard InChI is InChI=1S/C19H24F3N5O/c1-3-14-13-27(9-8-26(14)10-11-28-2)17-12-16(19(20,21)22)24-18(25-17)15-6-4-5-7-23-15/h4-7,12,14H,3,8-11,13H2,1-2H3. The average Bonchev–Trinajstić information content (AvgIpc) is 2.71. The number of pyridine rings is 1. The number of methoxy groups -OCH3 is 1. The van der Waals surface area contributed by atoms with Gasteiger partial charge < -0.3 is 9.64 Å². The molecule has 1 fully saturated rings. The summed E-state index contributed by atoms with van der Waals surface area (Å²) >= 11 is 0. The fourth-order valence-electron chi connectivity index (χ4n) is 3.34. The molecule has 1 atom stereocenters. The second-order valence-electron chi connectivity index (χ2n) is 6.68. The van der Waals surface area contributed by atoms with Crippen molar-refractivity contribution < 1.29 is 17.9 Å². The van der Waals surface area contributed by atoms with E-state index in [2.05, 4.69) is 26.8 Å². The number of ether oxygens (including phenoxy) is 1. The Labute approximate surface area is 162 Å². The van der Waals surface area contributed by atoms with Crippen LogP contribution in [0.25, 0.3) is 11.5 Å². The Morgan fingerprint density at radius 3 is 2.68 bits per heavy atom. The molecule has 2 aromatic rings. The van der Waals surface area contributed by atoms with Crippen molar-refractivity contribution in [2.75, 3.05) is 44.8 Å². The first-order valence-corrected chi connectivity index (χ1v) is 9.28. The van der Waals surface area contributed by atoms with Gasteiger partial charge >= 0.3 is 6.18 Å². The molecule has 0 spiro atoms. The highest BCUT2D eigenvalue weighted by Crippen LogP contribution is 2.32. The Morgan fingerprint density at radius 1 is 1.21 bits per heavy atom. The molecule has 1 aliphatic rings. The van der Waals surface area contributed by atoms with E-state index in [0.717, 1.165) is 25.6 Å². The molecule has 28 heavy (non-hydrogen) atoms. The molecule has 3 rings (SSSR count). The normalized spacial score (nSPS) is 18.5. The summed E-state index contributed by atoms with van der Waals surface area (Å²) in [5.74, 6) is 0.271. The maximum atomic E-state index is 13.4. The summed E-state index contributed by atoms with van der Waals surface area (Å²) < 4.78 is 45.4. The second-order valence-corrected chi connectivity index (χ2v) is 6.68. The smallest absolute Gasteiger partial charge is 0.383 e. The predicted molar refractivity (Wildman–Crippen MR) is 100 cm³/mol. The van der Waals surface area contributed by atoms with Crippen molar-refractivity contribution >= 4 is 5.82 Å². The molecule has 0 radical (unpaired) electrons. The summed E-state index contributed by atoms with van der Waals surface area (Å²) in [6.45, 7) is 5.46. The zero-order chi connectivity index (χ0) is 20.1. The van der Waals surface area contributed by atoms with E-state index in [9.17, 15) is 13.2 Å². The fraction of sp³-hybridized carbons (Fsp3) is 0.526. The summed E-state index contributed by atoms with van der Waals surface area (Å²) in [7, 11) is 1.66. The molecule has 3 heterocycles. The summed E-state index contributed by atoms with van der Waals surface area (Å²) in [5.41, 5.74) is -0.631. The Kier molecular flexibility index (Phi) is 6.46. The molecule has 2 aromatic heterocycles. The number of alkyl halides is 3. The molecule has 0 aromatic carbocycles. The topological polar surface area (TPSA) is 54.4 Å². The van der Waals surface area contributed by atoms with Gasteiger partial charge in [-0.3, -0.25) is 9.88 Å². The molecule has 9 heteroatoms. The van der Waals surface area contributed by atoms with Crippen LogP contribution in [-0.4, -0.2) is 65.8 Å². The van der Waals surface area contributed by atoms with Crippen molar-refractivity contribution in [2.24, 2.45) is 0 Å². The first kappa shape index (κ1) is 20.5. The number of aromatic nitrogens is 3. The number of anilines is 1. The van der Waals surface area contributed by atoms with Gasteiger partial charge in [0.2, 0.25) is 0 Å². The molecule has 0 aliphatic carbocycles. The molecule has 0 amide bonds. The first-order chi connectivity index (χ1) is 13.4. The minimum atomic E-state index is -4.55. The van der Waals surface area contributed by atoms with Gasteiger partial charge in [-0.25, -0.2) is 9.97 Å². The van der Waals surface area contributed by atoms with Gasteiger partial charge in [-0.1, -0.05) is 13.0 Å². The largest absolute Gasteiger partial charge is 0.433 e. The van der Waals surface area contributed by atoms with Crippen LogP contribution in [0.4, 0.5) is 19.0 Å². The van der Waals surface area contributed by atoms with Gasteiger partial charge in [-0.15, -0.1) is 0 Å². The fourth-order valence-corrected chi connectivity index (χ4v) is 3.34. The first-order valence-electron chi connectivity index (χ1n) is 9.28. The molecule has 1 unspecified atom stereocenters. The Hall–Kier alpha value is -2.26. The minimum absolute atomic E-state index is 0.0136. The SMILES string of the molecule is CCC1CN(c2cc(C(F)(F)F)nc(-c3ccccn3)n2)CCN1CCOC. The molecule has 1 saturated heterocycles. The third-order valence-electron chi connectivity index (χ3n) is 4.88. The van der Waals surface area contributed by atoms with Crippen LogP contribution in [0.15, 0.2) is 30.5 Å². The Morgan fingerprint density at radius 2 is 2.04 bits per heavy atom. The van der Waals surface area contributed by atoms with Gasteiger partial charge in [0.05, 0.1) is 6.61 Å². The summed E-state index contributed by atoms with van der Waals surface area (Å²) in [6, 6.07) is 6.27. The number of nitrogens with zero attached hydrogens (tertiary/aromatic N) is 5. The molecular weight excluding hydrogens is 371 g/mol. The van der Waals surface area contributed by atoms with E-state index in [-0.39, 0.29) is 17.7 Å². The summed E-state index contributed by atoms with van der Waals surface area (Å²) in [5, 5.41) is 0. The van der Waals surface area contributed by atoms with Crippen LogP contribution >= 0.6 is 0 Å². The number of hydrogen-bond donors (Lipinski definition) is 0. The molecule has 1 aliphatic heterocycles. The lowest BCUT2D eigenvalue weighted by molar-refractivity contribution is -0.141. The predicted octanol–water partition coefficient (Wildman–Crippen LogP) is 3.10. The van der Waals surface area contributed by atoms with Crippen LogP contribution in [0.2, 0.25) is 0 Å². The highest BCUT2D eigenvalue weighted by Gasteiger charge is 2.35. The lowest BCUT2D eigenvalue weighted by Crippen LogP contribution is -2.54. The second kappa shape index (κ2) is 8.83. The summed E-state index contributed by atoms with van der Waals surface area (Å²) in [4.78, 5) is 16.4. The lowest BCUT2D eigenvalue weighted by Gasteiger charge is -2.41. The van der Waals surface area contributed by atoms with Crippen LogP contribution in [0, 0.1) is 0 Å². The van der Waals surface area contributed by atoms with Gasteiger partial charge in [-0.05, 0) is 18.6 Å². The third-order valence-corrected chi connectivity index (χ3v) is 4.88. The molecule has 0 bridgehead atoms. The van der Waals surface area contributed by atoms with E-state index in [1.54, 1.807) is 25.3 Å². The van der Waals surface area contributed by atoms with E-state index >= 15 is 0 Å². The molecule has 0 N–H and O–H groups in total. The van der Waals surface area contributed by atoms with Crippen LogP contribution in [-0.2, 0) is 10.9 Å². The van der Waals surface area contributed by atoms with Crippen LogP contribution in [0.5, 0.6) is 0 Å². The quantitative estimate of drug-likeness (QED) is 0.749. The monoisotopic (exact) mass is 395 g/mol. The zero-order valence-electron chi connectivity index (χ0n) is 16.0. The van der Waals surface area contributed by atoms with E-state index in [1.165, 1.54) is 6.20 Å². The molecular formula is C19H24F3N5O. The molecule has 152 valence electrons.